The Bertz CT molecular complexity index is 668. The van der Waals surface area contributed by atoms with Gasteiger partial charge in [0, 0.05) is 25.4 Å². The number of hydrogen-bond acceptors (Lipinski definition) is 8. The number of nitrogens with zero attached hydrogens (tertiary/aromatic N) is 1. The first-order valence-corrected chi connectivity index (χ1v) is 9.98. The van der Waals surface area contributed by atoms with Crippen LogP contribution in [0.4, 0.5) is 4.79 Å². The Kier molecular flexibility index (Phi) is 10.2. The summed E-state index contributed by atoms with van der Waals surface area (Å²) in [6.07, 6.45) is 2.80. The molecule has 0 spiro atoms. The van der Waals surface area contributed by atoms with E-state index in [1.54, 1.807) is 59.1 Å². The fraction of sp³-hybridized carbons (Fsp3) is 0.619. The van der Waals surface area contributed by atoms with Crippen molar-refractivity contribution in [3.63, 3.8) is 0 Å². The van der Waals surface area contributed by atoms with Crippen molar-refractivity contribution < 1.29 is 33.3 Å². The van der Waals surface area contributed by atoms with Crippen molar-refractivity contribution in [1.29, 1.82) is 0 Å². The number of ether oxygens (including phenoxy) is 4. The van der Waals surface area contributed by atoms with Crippen LogP contribution in [0.3, 0.4) is 0 Å². The minimum Gasteiger partial charge on any atom is -0.463 e. The second-order valence-corrected chi connectivity index (χ2v) is 7.44. The van der Waals surface area contributed by atoms with Gasteiger partial charge < -0.3 is 24.3 Å². The van der Waals surface area contributed by atoms with Gasteiger partial charge in [-0.15, -0.1) is 0 Å². The van der Waals surface area contributed by atoms with E-state index in [9.17, 15) is 14.4 Å². The first-order valence-electron chi connectivity index (χ1n) is 9.98. The number of aromatic nitrogens is 1. The summed E-state index contributed by atoms with van der Waals surface area (Å²) in [4.78, 5) is 41.2. The van der Waals surface area contributed by atoms with E-state index in [-0.39, 0.29) is 39.2 Å². The molecule has 1 aromatic rings. The van der Waals surface area contributed by atoms with Crippen LogP contribution in [-0.4, -0.2) is 54.0 Å². The van der Waals surface area contributed by atoms with Gasteiger partial charge in [0.1, 0.15) is 5.60 Å². The summed E-state index contributed by atoms with van der Waals surface area (Å²) in [6.45, 7) is 8.86. The smallest absolute Gasteiger partial charge is 0.407 e. The molecule has 1 amide bonds. The highest BCUT2D eigenvalue weighted by molar-refractivity contribution is 6.03. The number of amides is 1. The number of hydrogen-bond donors (Lipinski definition) is 1. The molecular weight excluding hydrogens is 392 g/mol. The maximum atomic E-state index is 12.7. The summed E-state index contributed by atoms with van der Waals surface area (Å²) in [6, 6.07) is 3.43. The van der Waals surface area contributed by atoms with Crippen molar-refractivity contribution in [3.8, 4) is 0 Å². The lowest BCUT2D eigenvalue weighted by molar-refractivity contribution is -0.194. The molecule has 1 aromatic heterocycles. The summed E-state index contributed by atoms with van der Waals surface area (Å²) in [5, 5.41) is 2.60. The molecule has 0 aromatic carbocycles. The number of esters is 2. The zero-order chi connectivity index (χ0) is 22.6. The maximum absolute atomic E-state index is 12.7. The van der Waals surface area contributed by atoms with Crippen molar-refractivity contribution in [1.82, 2.24) is 10.3 Å². The molecule has 9 heteroatoms. The monoisotopic (exact) mass is 424 g/mol. The Balaban J connectivity index is 2.91. The van der Waals surface area contributed by atoms with Crippen LogP contribution in [-0.2, 0) is 35.1 Å². The number of rotatable bonds is 11. The highest BCUT2D eigenvalue weighted by Crippen LogP contribution is 2.25. The molecule has 0 aliphatic rings. The van der Waals surface area contributed by atoms with E-state index in [4.69, 9.17) is 18.9 Å². The van der Waals surface area contributed by atoms with Gasteiger partial charge in [0.15, 0.2) is 0 Å². The Morgan fingerprint density at radius 1 is 1.00 bits per heavy atom. The van der Waals surface area contributed by atoms with E-state index >= 15 is 0 Å². The second-order valence-electron chi connectivity index (χ2n) is 7.44. The Morgan fingerprint density at radius 2 is 1.57 bits per heavy atom. The fourth-order valence-corrected chi connectivity index (χ4v) is 2.50. The van der Waals surface area contributed by atoms with Crippen molar-refractivity contribution in [2.24, 2.45) is 0 Å². The fourth-order valence-electron chi connectivity index (χ4n) is 2.50. The molecule has 1 heterocycles. The van der Waals surface area contributed by atoms with E-state index < -0.39 is 29.2 Å². The van der Waals surface area contributed by atoms with E-state index in [0.29, 0.717) is 0 Å². The zero-order valence-corrected chi connectivity index (χ0v) is 18.4. The third-order valence-electron chi connectivity index (χ3n) is 3.82. The Morgan fingerprint density at radius 3 is 2.07 bits per heavy atom. The third-order valence-corrected chi connectivity index (χ3v) is 3.82. The molecule has 0 atom stereocenters. The quantitative estimate of drug-likeness (QED) is 0.250. The van der Waals surface area contributed by atoms with Crippen molar-refractivity contribution in [3.05, 3.63) is 30.1 Å². The molecule has 9 nitrogen and oxygen atoms in total. The lowest BCUT2D eigenvalue weighted by atomic mass is 9.97. The third kappa shape index (κ3) is 8.36. The molecule has 1 N–H and O–H groups in total. The van der Waals surface area contributed by atoms with Gasteiger partial charge in [-0.25, -0.2) is 14.4 Å². The van der Waals surface area contributed by atoms with Crippen LogP contribution in [0.5, 0.6) is 0 Å². The Labute approximate surface area is 177 Å². The molecule has 0 aliphatic heterocycles. The predicted molar refractivity (Wildman–Crippen MR) is 108 cm³/mol. The summed E-state index contributed by atoms with van der Waals surface area (Å²) in [7, 11) is 0. The van der Waals surface area contributed by atoms with Gasteiger partial charge in [0.05, 0.1) is 19.8 Å². The van der Waals surface area contributed by atoms with Crippen LogP contribution in [0, 0.1) is 0 Å². The number of carbonyl (C=O) groups is 3. The van der Waals surface area contributed by atoms with Crippen LogP contribution in [0.15, 0.2) is 24.5 Å². The van der Waals surface area contributed by atoms with Gasteiger partial charge in [0.2, 0.25) is 0 Å². The average Bonchev–Trinajstić information content (AvgIpc) is 2.67. The van der Waals surface area contributed by atoms with E-state index in [2.05, 4.69) is 10.3 Å². The van der Waals surface area contributed by atoms with Gasteiger partial charge in [-0.2, -0.15) is 0 Å². The van der Waals surface area contributed by atoms with Crippen LogP contribution in [0.2, 0.25) is 0 Å². The number of pyridine rings is 1. The van der Waals surface area contributed by atoms with Crippen LogP contribution in [0.25, 0.3) is 0 Å². The van der Waals surface area contributed by atoms with Crippen LogP contribution in [0.1, 0.15) is 53.0 Å². The normalized spacial score (nSPS) is 11.5. The molecule has 0 fully saturated rings. The molecule has 0 saturated carbocycles. The maximum Gasteiger partial charge on any atom is 0.407 e. The summed E-state index contributed by atoms with van der Waals surface area (Å²) >= 11 is 0. The largest absolute Gasteiger partial charge is 0.463 e. The topological polar surface area (TPSA) is 113 Å². The standard InChI is InChI=1S/C21H32N2O7/c1-6-27-17(24)21(18(25)28-7-2,29-15-16-9-13-22-14-10-16)11-8-12-23-19(26)30-20(3,4)5/h9-10,13-14H,6-8,11-12,15H2,1-5H3,(H,23,26). The average molecular weight is 424 g/mol. The molecule has 0 bridgehead atoms. The van der Waals surface area contributed by atoms with E-state index in [1.165, 1.54) is 0 Å². The predicted octanol–water partition coefficient (Wildman–Crippen LogP) is 2.77. The number of alkyl carbamates (subject to hydrolysis) is 1. The van der Waals surface area contributed by atoms with Crippen LogP contribution < -0.4 is 5.32 Å². The zero-order valence-electron chi connectivity index (χ0n) is 18.4. The summed E-state index contributed by atoms with van der Waals surface area (Å²) in [5.74, 6) is -1.65. The molecular formula is C21H32N2O7. The van der Waals surface area contributed by atoms with Gasteiger partial charge >= 0.3 is 18.0 Å². The van der Waals surface area contributed by atoms with Gasteiger partial charge in [0.25, 0.3) is 5.60 Å². The Hall–Kier alpha value is -2.68. The van der Waals surface area contributed by atoms with E-state index in [0.717, 1.165) is 5.56 Å². The second kappa shape index (κ2) is 12.1. The highest BCUT2D eigenvalue weighted by Gasteiger charge is 2.50. The molecule has 0 radical (unpaired) electrons. The van der Waals surface area contributed by atoms with Gasteiger partial charge in [-0.1, -0.05) is 0 Å². The number of nitrogens with one attached hydrogen (secondary N) is 1. The molecule has 30 heavy (non-hydrogen) atoms. The lowest BCUT2D eigenvalue weighted by Gasteiger charge is -2.29. The SMILES string of the molecule is CCOC(=O)C(CCCNC(=O)OC(C)(C)C)(OCc1ccncc1)C(=O)OCC. The van der Waals surface area contributed by atoms with Gasteiger partial charge in [-0.3, -0.25) is 4.98 Å². The van der Waals surface area contributed by atoms with Crippen molar-refractivity contribution >= 4 is 18.0 Å². The van der Waals surface area contributed by atoms with Gasteiger partial charge in [-0.05, 0) is 58.7 Å². The summed E-state index contributed by atoms with van der Waals surface area (Å²) in [5.41, 5.74) is -1.84. The minimum atomic E-state index is -1.94. The molecule has 0 unspecified atom stereocenters. The first-order chi connectivity index (χ1) is 14.1. The van der Waals surface area contributed by atoms with Crippen molar-refractivity contribution in [2.45, 2.75) is 65.3 Å². The number of carbonyl (C=O) groups excluding carboxylic acids is 3. The molecule has 0 saturated heterocycles. The summed E-state index contributed by atoms with van der Waals surface area (Å²) < 4.78 is 21.2. The minimum absolute atomic E-state index is 0.0142. The first kappa shape index (κ1) is 25.4. The molecule has 168 valence electrons. The van der Waals surface area contributed by atoms with Crippen molar-refractivity contribution in [2.75, 3.05) is 19.8 Å². The lowest BCUT2D eigenvalue weighted by Crippen LogP contribution is -2.51. The molecule has 0 aliphatic carbocycles. The highest BCUT2D eigenvalue weighted by atomic mass is 16.6. The van der Waals surface area contributed by atoms with E-state index in [1.807, 2.05) is 0 Å². The molecule has 1 rings (SSSR count). The van der Waals surface area contributed by atoms with Crippen LogP contribution >= 0.6 is 0 Å².